The standard InChI is InChI=1S/C7H8O2S/c1-3-5-10-6-4-7(8)9-2/h1,4,6H,5H2,2H3/b6-4+. The third-order valence-electron chi connectivity index (χ3n) is 0.668. The lowest BCUT2D eigenvalue weighted by atomic mass is 10.7. The molecule has 0 aliphatic rings. The Bertz CT molecular complexity index is 167. The van der Waals surface area contributed by atoms with E-state index in [1.165, 1.54) is 24.9 Å². The van der Waals surface area contributed by atoms with Crippen molar-refractivity contribution in [3.05, 3.63) is 11.5 Å². The number of esters is 1. The molecule has 0 aromatic carbocycles. The zero-order valence-electron chi connectivity index (χ0n) is 5.66. The fourth-order valence-electron chi connectivity index (χ4n) is 0.268. The zero-order chi connectivity index (χ0) is 7.82. The van der Waals surface area contributed by atoms with Gasteiger partial charge in [-0.2, -0.15) is 0 Å². The van der Waals surface area contributed by atoms with E-state index < -0.39 is 0 Å². The highest BCUT2D eigenvalue weighted by atomic mass is 32.2. The van der Waals surface area contributed by atoms with E-state index in [0.717, 1.165) is 0 Å². The minimum atomic E-state index is -0.357. The Hall–Kier alpha value is -0.880. The van der Waals surface area contributed by atoms with Crippen molar-refractivity contribution in [1.29, 1.82) is 0 Å². The Morgan fingerprint density at radius 2 is 2.60 bits per heavy atom. The summed E-state index contributed by atoms with van der Waals surface area (Å²) in [4.78, 5) is 10.4. The van der Waals surface area contributed by atoms with E-state index >= 15 is 0 Å². The minimum absolute atomic E-state index is 0.357. The smallest absolute Gasteiger partial charge is 0.330 e. The van der Waals surface area contributed by atoms with Gasteiger partial charge >= 0.3 is 5.97 Å². The number of hydrogen-bond donors (Lipinski definition) is 0. The maximum absolute atomic E-state index is 10.4. The summed E-state index contributed by atoms with van der Waals surface area (Å²) in [6.07, 6.45) is 6.29. The molecule has 0 fully saturated rings. The van der Waals surface area contributed by atoms with Crippen molar-refractivity contribution in [3.63, 3.8) is 0 Å². The van der Waals surface area contributed by atoms with Gasteiger partial charge in [0, 0.05) is 6.08 Å². The van der Waals surface area contributed by atoms with Crippen LogP contribution in [0.25, 0.3) is 0 Å². The summed E-state index contributed by atoms with van der Waals surface area (Å²) in [7, 11) is 1.33. The average Bonchev–Trinajstić information content (AvgIpc) is 1.98. The van der Waals surface area contributed by atoms with Crippen LogP contribution in [0, 0.1) is 12.3 Å². The summed E-state index contributed by atoms with van der Waals surface area (Å²) < 4.78 is 4.34. The van der Waals surface area contributed by atoms with E-state index in [1.54, 1.807) is 5.41 Å². The first-order chi connectivity index (χ1) is 4.81. The van der Waals surface area contributed by atoms with E-state index in [4.69, 9.17) is 6.42 Å². The molecular weight excluding hydrogens is 148 g/mol. The molecule has 0 amide bonds. The average molecular weight is 156 g/mol. The van der Waals surface area contributed by atoms with Gasteiger partial charge in [-0.1, -0.05) is 5.92 Å². The molecule has 0 heterocycles. The summed E-state index contributed by atoms with van der Waals surface area (Å²) in [6, 6.07) is 0. The largest absolute Gasteiger partial charge is 0.466 e. The molecule has 3 heteroatoms. The molecule has 0 aliphatic heterocycles. The molecule has 10 heavy (non-hydrogen) atoms. The highest BCUT2D eigenvalue weighted by Crippen LogP contribution is 1.99. The predicted octanol–water partition coefficient (Wildman–Crippen LogP) is 1.04. The number of ether oxygens (including phenoxy) is 1. The molecule has 0 spiro atoms. The number of hydrogen-bond acceptors (Lipinski definition) is 3. The second-order valence-corrected chi connectivity index (χ2v) is 2.24. The molecule has 0 unspecified atom stereocenters. The maximum Gasteiger partial charge on any atom is 0.330 e. The summed E-state index contributed by atoms with van der Waals surface area (Å²) in [6.45, 7) is 0. The van der Waals surface area contributed by atoms with Crippen LogP contribution in [0.4, 0.5) is 0 Å². The van der Waals surface area contributed by atoms with Crippen molar-refractivity contribution in [2.45, 2.75) is 0 Å². The minimum Gasteiger partial charge on any atom is -0.466 e. The van der Waals surface area contributed by atoms with Crippen LogP contribution in [-0.4, -0.2) is 18.8 Å². The Kier molecular flexibility index (Phi) is 5.69. The van der Waals surface area contributed by atoms with Crippen molar-refractivity contribution in [1.82, 2.24) is 0 Å². The van der Waals surface area contributed by atoms with Gasteiger partial charge in [0.15, 0.2) is 0 Å². The Morgan fingerprint density at radius 3 is 3.10 bits per heavy atom. The van der Waals surface area contributed by atoms with Crippen LogP contribution in [0.2, 0.25) is 0 Å². The van der Waals surface area contributed by atoms with Gasteiger partial charge in [-0.3, -0.25) is 0 Å². The van der Waals surface area contributed by atoms with Crippen LogP contribution in [0.3, 0.4) is 0 Å². The SMILES string of the molecule is C#CCS/C=C/C(=O)OC. The highest BCUT2D eigenvalue weighted by molar-refractivity contribution is 8.02. The quantitative estimate of drug-likeness (QED) is 0.264. The third kappa shape index (κ3) is 5.26. The normalized spacial score (nSPS) is 9.20. The Morgan fingerprint density at radius 1 is 1.90 bits per heavy atom. The van der Waals surface area contributed by atoms with Crippen molar-refractivity contribution in [2.75, 3.05) is 12.9 Å². The van der Waals surface area contributed by atoms with Crippen molar-refractivity contribution >= 4 is 17.7 Å². The van der Waals surface area contributed by atoms with E-state index in [1.807, 2.05) is 0 Å². The van der Waals surface area contributed by atoms with Crippen LogP contribution >= 0.6 is 11.8 Å². The van der Waals surface area contributed by atoms with Gasteiger partial charge in [0.25, 0.3) is 0 Å². The van der Waals surface area contributed by atoms with Crippen molar-refractivity contribution in [2.24, 2.45) is 0 Å². The Balaban J connectivity index is 3.38. The first-order valence-electron chi connectivity index (χ1n) is 2.61. The van der Waals surface area contributed by atoms with Crippen LogP contribution in [0.15, 0.2) is 11.5 Å². The topological polar surface area (TPSA) is 26.3 Å². The molecule has 0 N–H and O–H groups in total. The predicted molar refractivity (Wildman–Crippen MR) is 42.4 cm³/mol. The first kappa shape index (κ1) is 9.12. The number of carbonyl (C=O) groups is 1. The number of methoxy groups -OCH3 is 1. The molecule has 0 rings (SSSR count). The van der Waals surface area contributed by atoms with Crippen LogP contribution < -0.4 is 0 Å². The van der Waals surface area contributed by atoms with E-state index in [2.05, 4.69) is 10.7 Å². The molecule has 0 saturated carbocycles. The van der Waals surface area contributed by atoms with Gasteiger partial charge < -0.3 is 4.74 Å². The fraction of sp³-hybridized carbons (Fsp3) is 0.286. The molecule has 0 aliphatic carbocycles. The molecule has 54 valence electrons. The molecule has 0 atom stereocenters. The summed E-state index contributed by atoms with van der Waals surface area (Å²) >= 11 is 1.38. The first-order valence-corrected chi connectivity index (χ1v) is 3.65. The fourth-order valence-corrected chi connectivity index (χ4v) is 0.668. The Labute approximate surface area is 64.6 Å². The number of terminal acetylenes is 1. The second-order valence-electron chi connectivity index (χ2n) is 1.34. The third-order valence-corrected chi connectivity index (χ3v) is 1.33. The van der Waals surface area contributed by atoms with Crippen molar-refractivity contribution in [3.8, 4) is 12.3 Å². The summed E-state index contributed by atoms with van der Waals surface area (Å²) in [5, 5.41) is 1.62. The van der Waals surface area contributed by atoms with E-state index in [0.29, 0.717) is 5.75 Å². The van der Waals surface area contributed by atoms with Gasteiger partial charge in [0.2, 0.25) is 0 Å². The molecule has 0 bridgehead atoms. The molecular formula is C7H8O2S. The lowest BCUT2D eigenvalue weighted by Crippen LogP contribution is -1.92. The molecule has 0 aromatic rings. The maximum atomic E-state index is 10.4. The van der Waals surface area contributed by atoms with Gasteiger partial charge in [-0.25, -0.2) is 4.79 Å². The summed E-state index contributed by atoms with van der Waals surface area (Å²) in [5.74, 6) is 2.64. The number of thioether (sulfide) groups is 1. The molecule has 0 radical (unpaired) electrons. The molecule has 2 nitrogen and oxygen atoms in total. The van der Waals surface area contributed by atoms with Crippen molar-refractivity contribution < 1.29 is 9.53 Å². The van der Waals surface area contributed by atoms with Crippen LogP contribution in [0.5, 0.6) is 0 Å². The van der Waals surface area contributed by atoms with E-state index in [9.17, 15) is 4.79 Å². The van der Waals surface area contributed by atoms with Crippen LogP contribution in [0.1, 0.15) is 0 Å². The second kappa shape index (κ2) is 6.24. The van der Waals surface area contributed by atoms with Gasteiger partial charge in [0.05, 0.1) is 12.9 Å². The zero-order valence-corrected chi connectivity index (χ0v) is 6.48. The number of rotatable bonds is 3. The lowest BCUT2D eigenvalue weighted by Gasteiger charge is -1.87. The summed E-state index contributed by atoms with van der Waals surface area (Å²) in [5.41, 5.74) is 0. The lowest BCUT2D eigenvalue weighted by molar-refractivity contribution is -0.134. The number of carbonyl (C=O) groups excluding carboxylic acids is 1. The van der Waals surface area contributed by atoms with Gasteiger partial charge in [-0.05, 0) is 5.41 Å². The molecule has 0 saturated heterocycles. The van der Waals surface area contributed by atoms with E-state index in [-0.39, 0.29) is 5.97 Å². The monoisotopic (exact) mass is 156 g/mol. The van der Waals surface area contributed by atoms with Gasteiger partial charge in [0.1, 0.15) is 0 Å². The highest BCUT2D eigenvalue weighted by Gasteiger charge is 1.87. The molecule has 0 aromatic heterocycles. The van der Waals surface area contributed by atoms with Gasteiger partial charge in [-0.15, -0.1) is 18.2 Å². The van der Waals surface area contributed by atoms with Crippen LogP contribution in [-0.2, 0) is 9.53 Å².